The van der Waals surface area contributed by atoms with Crippen LogP contribution in [0.25, 0.3) is 0 Å². The molecule has 2 aliphatic rings. The molecule has 0 saturated carbocycles. The van der Waals surface area contributed by atoms with Crippen LogP contribution in [0.15, 0.2) is 30.3 Å². The van der Waals surface area contributed by atoms with Gasteiger partial charge in [0.1, 0.15) is 6.10 Å². The van der Waals surface area contributed by atoms with Crippen LogP contribution in [0.2, 0.25) is 0 Å². The number of hydrogen-bond acceptors (Lipinski definition) is 3. The molecule has 0 aromatic heterocycles. The van der Waals surface area contributed by atoms with Crippen LogP contribution in [0.1, 0.15) is 24.3 Å². The number of likely N-dealkylation sites (tertiary alicyclic amines) is 1. The van der Waals surface area contributed by atoms with Crippen molar-refractivity contribution in [1.29, 1.82) is 0 Å². The monoisotopic (exact) mass is 274 g/mol. The van der Waals surface area contributed by atoms with E-state index in [-0.39, 0.29) is 12.0 Å². The summed E-state index contributed by atoms with van der Waals surface area (Å²) in [4.78, 5) is 14.4. The van der Waals surface area contributed by atoms with Crippen molar-refractivity contribution in [3.63, 3.8) is 0 Å². The lowest BCUT2D eigenvalue weighted by Gasteiger charge is -2.20. The fraction of sp³-hybridized carbons (Fsp3) is 0.562. The molecule has 1 unspecified atom stereocenters. The maximum atomic E-state index is 12.4. The van der Waals surface area contributed by atoms with Crippen LogP contribution in [0.3, 0.4) is 0 Å². The van der Waals surface area contributed by atoms with Gasteiger partial charge in [-0.2, -0.15) is 0 Å². The fourth-order valence-corrected chi connectivity index (χ4v) is 3.34. The summed E-state index contributed by atoms with van der Waals surface area (Å²) in [6.07, 6.45) is 1.63. The van der Waals surface area contributed by atoms with Gasteiger partial charge in [0.25, 0.3) is 5.91 Å². The van der Waals surface area contributed by atoms with Gasteiger partial charge in [0.05, 0.1) is 0 Å². The Morgan fingerprint density at radius 1 is 1.30 bits per heavy atom. The standard InChI is InChI=1S/C16H22N2O2/c17-9-13-10-18(16(19)15-7-4-8-20-15)11-14(13)12-5-2-1-3-6-12/h1-3,5-6,13-15H,4,7-11,17H2/t13-,14+,15?/m1/s1. The zero-order valence-corrected chi connectivity index (χ0v) is 11.7. The summed E-state index contributed by atoms with van der Waals surface area (Å²) < 4.78 is 5.51. The predicted molar refractivity (Wildman–Crippen MR) is 77.3 cm³/mol. The third-order valence-electron chi connectivity index (χ3n) is 4.49. The molecule has 2 saturated heterocycles. The van der Waals surface area contributed by atoms with Crippen molar-refractivity contribution in [1.82, 2.24) is 4.90 Å². The maximum Gasteiger partial charge on any atom is 0.251 e. The van der Waals surface area contributed by atoms with Crippen LogP contribution in [0, 0.1) is 5.92 Å². The number of benzene rings is 1. The van der Waals surface area contributed by atoms with E-state index in [0.717, 1.165) is 25.9 Å². The molecule has 1 amide bonds. The summed E-state index contributed by atoms with van der Waals surface area (Å²) in [7, 11) is 0. The third-order valence-corrected chi connectivity index (χ3v) is 4.49. The molecule has 3 atom stereocenters. The number of carbonyl (C=O) groups excluding carboxylic acids is 1. The topological polar surface area (TPSA) is 55.6 Å². The first-order valence-corrected chi connectivity index (χ1v) is 7.45. The van der Waals surface area contributed by atoms with Gasteiger partial charge >= 0.3 is 0 Å². The molecule has 2 N–H and O–H groups in total. The van der Waals surface area contributed by atoms with E-state index in [0.29, 0.717) is 25.0 Å². The smallest absolute Gasteiger partial charge is 0.251 e. The largest absolute Gasteiger partial charge is 0.368 e. The van der Waals surface area contributed by atoms with E-state index in [2.05, 4.69) is 12.1 Å². The van der Waals surface area contributed by atoms with E-state index in [1.165, 1.54) is 5.56 Å². The molecule has 20 heavy (non-hydrogen) atoms. The van der Waals surface area contributed by atoms with Crippen LogP contribution in [-0.2, 0) is 9.53 Å². The predicted octanol–water partition coefficient (Wildman–Crippen LogP) is 1.37. The number of rotatable bonds is 3. The lowest BCUT2D eigenvalue weighted by Crippen LogP contribution is -2.37. The van der Waals surface area contributed by atoms with Gasteiger partial charge in [-0.25, -0.2) is 0 Å². The van der Waals surface area contributed by atoms with Crippen molar-refractivity contribution in [2.75, 3.05) is 26.2 Å². The molecular weight excluding hydrogens is 252 g/mol. The summed E-state index contributed by atoms with van der Waals surface area (Å²) in [6.45, 7) is 2.86. The van der Waals surface area contributed by atoms with Crippen molar-refractivity contribution >= 4 is 5.91 Å². The molecule has 108 valence electrons. The quantitative estimate of drug-likeness (QED) is 0.905. The molecule has 2 aliphatic heterocycles. The van der Waals surface area contributed by atoms with Gasteiger partial charge in [-0.3, -0.25) is 4.79 Å². The molecule has 1 aromatic rings. The molecular formula is C16H22N2O2. The van der Waals surface area contributed by atoms with E-state index in [9.17, 15) is 4.79 Å². The summed E-state index contributed by atoms with van der Waals surface area (Å²) in [5.74, 6) is 0.855. The highest BCUT2D eigenvalue weighted by atomic mass is 16.5. The lowest BCUT2D eigenvalue weighted by atomic mass is 9.89. The number of ether oxygens (including phenoxy) is 1. The van der Waals surface area contributed by atoms with Crippen molar-refractivity contribution in [2.45, 2.75) is 24.9 Å². The number of hydrogen-bond donors (Lipinski definition) is 1. The molecule has 0 bridgehead atoms. The summed E-state index contributed by atoms with van der Waals surface area (Å²) >= 11 is 0. The van der Waals surface area contributed by atoms with Crippen LogP contribution < -0.4 is 5.73 Å². The van der Waals surface area contributed by atoms with Gasteiger partial charge in [-0.05, 0) is 30.9 Å². The van der Waals surface area contributed by atoms with E-state index in [1.54, 1.807) is 0 Å². The van der Waals surface area contributed by atoms with E-state index in [1.807, 2.05) is 23.1 Å². The second-order valence-corrected chi connectivity index (χ2v) is 5.76. The minimum absolute atomic E-state index is 0.152. The Kier molecular flexibility index (Phi) is 4.03. The van der Waals surface area contributed by atoms with Crippen molar-refractivity contribution < 1.29 is 9.53 Å². The zero-order chi connectivity index (χ0) is 13.9. The van der Waals surface area contributed by atoms with E-state index >= 15 is 0 Å². The van der Waals surface area contributed by atoms with Crippen molar-refractivity contribution in [3.8, 4) is 0 Å². The fourth-order valence-electron chi connectivity index (χ4n) is 3.34. The Balaban J connectivity index is 1.72. The van der Waals surface area contributed by atoms with Gasteiger partial charge in [0, 0.05) is 25.6 Å². The second kappa shape index (κ2) is 5.94. The number of nitrogens with two attached hydrogens (primary N) is 1. The molecule has 0 spiro atoms. The van der Waals surface area contributed by atoms with Crippen LogP contribution in [-0.4, -0.2) is 43.2 Å². The molecule has 4 nitrogen and oxygen atoms in total. The Morgan fingerprint density at radius 3 is 2.75 bits per heavy atom. The molecule has 3 rings (SSSR count). The number of nitrogens with zero attached hydrogens (tertiary/aromatic N) is 1. The van der Waals surface area contributed by atoms with Crippen molar-refractivity contribution in [3.05, 3.63) is 35.9 Å². The SMILES string of the molecule is NC[C@@H]1CN(C(=O)C2CCCO2)C[C@H]1c1ccccc1. The molecule has 1 aromatic carbocycles. The summed E-state index contributed by atoms with van der Waals surface area (Å²) in [6, 6.07) is 10.4. The average molecular weight is 274 g/mol. The minimum Gasteiger partial charge on any atom is -0.368 e. The highest BCUT2D eigenvalue weighted by molar-refractivity contribution is 5.81. The maximum absolute atomic E-state index is 12.4. The average Bonchev–Trinajstić information content (AvgIpc) is 3.17. The molecule has 0 radical (unpaired) electrons. The van der Waals surface area contributed by atoms with Gasteiger partial charge in [0.15, 0.2) is 0 Å². The third kappa shape index (κ3) is 2.58. The van der Waals surface area contributed by atoms with Gasteiger partial charge in [-0.15, -0.1) is 0 Å². The number of amides is 1. The zero-order valence-electron chi connectivity index (χ0n) is 11.7. The van der Waals surface area contributed by atoms with Gasteiger partial charge < -0.3 is 15.4 Å². The molecule has 2 fully saturated rings. The highest BCUT2D eigenvalue weighted by Crippen LogP contribution is 2.33. The molecule has 4 heteroatoms. The van der Waals surface area contributed by atoms with Gasteiger partial charge in [-0.1, -0.05) is 30.3 Å². The van der Waals surface area contributed by atoms with E-state index < -0.39 is 0 Å². The van der Waals surface area contributed by atoms with Crippen molar-refractivity contribution in [2.24, 2.45) is 11.7 Å². The second-order valence-electron chi connectivity index (χ2n) is 5.76. The first-order valence-electron chi connectivity index (χ1n) is 7.45. The Labute approximate surface area is 119 Å². The first-order chi connectivity index (χ1) is 9.79. The summed E-state index contributed by atoms with van der Waals surface area (Å²) in [5.41, 5.74) is 7.19. The van der Waals surface area contributed by atoms with Crippen LogP contribution >= 0.6 is 0 Å². The van der Waals surface area contributed by atoms with E-state index in [4.69, 9.17) is 10.5 Å². The Hall–Kier alpha value is -1.39. The van der Waals surface area contributed by atoms with Crippen LogP contribution in [0.5, 0.6) is 0 Å². The highest BCUT2D eigenvalue weighted by Gasteiger charge is 2.38. The first kappa shape index (κ1) is 13.6. The van der Waals surface area contributed by atoms with Gasteiger partial charge in [0.2, 0.25) is 0 Å². The Bertz CT molecular complexity index is 457. The molecule has 0 aliphatic carbocycles. The molecule has 2 heterocycles. The minimum atomic E-state index is -0.219. The van der Waals surface area contributed by atoms with Crippen LogP contribution in [0.4, 0.5) is 0 Å². The lowest BCUT2D eigenvalue weighted by molar-refractivity contribution is -0.139. The number of carbonyl (C=O) groups is 1. The normalized spacial score (nSPS) is 29.9. The Morgan fingerprint density at radius 2 is 2.10 bits per heavy atom. The summed E-state index contributed by atoms with van der Waals surface area (Å²) in [5, 5.41) is 0.